The van der Waals surface area contributed by atoms with Gasteiger partial charge in [-0.15, -0.1) is 0 Å². The number of rotatable bonds is 5. The SMILES string of the molecule is C=Cc1cc(CN(C)C)cc(CN(C)C)c1. The van der Waals surface area contributed by atoms with Crippen molar-refractivity contribution >= 4 is 6.08 Å². The minimum absolute atomic E-state index is 0.974. The predicted octanol–water partition coefficient (Wildman–Crippen LogP) is 2.45. The summed E-state index contributed by atoms with van der Waals surface area (Å²) >= 11 is 0. The standard InChI is InChI=1S/C14H22N2/c1-6-12-7-13(10-15(2)3)9-14(8-12)11-16(4)5/h6-9H,1,10-11H2,2-5H3. The van der Waals surface area contributed by atoms with Gasteiger partial charge in [-0.1, -0.05) is 30.9 Å². The highest BCUT2D eigenvalue weighted by Gasteiger charge is 2.02. The molecule has 0 aliphatic rings. The zero-order valence-corrected chi connectivity index (χ0v) is 10.8. The maximum atomic E-state index is 3.84. The van der Waals surface area contributed by atoms with E-state index < -0.39 is 0 Å². The average Bonchev–Trinajstić information content (AvgIpc) is 2.14. The van der Waals surface area contributed by atoms with E-state index in [9.17, 15) is 0 Å². The van der Waals surface area contributed by atoms with Crippen molar-refractivity contribution in [3.8, 4) is 0 Å². The van der Waals surface area contributed by atoms with Gasteiger partial charge in [0.2, 0.25) is 0 Å². The highest BCUT2D eigenvalue weighted by Crippen LogP contribution is 2.14. The Kier molecular flexibility index (Phi) is 4.71. The van der Waals surface area contributed by atoms with Crippen LogP contribution in [-0.2, 0) is 13.1 Å². The molecule has 1 aromatic rings. The van der Waals surface area contributed by atoms with Crippen LogP contribution in [0.2, 0.25) is 0 Å². The van der Waals surface area contributed by atoms with E-state index in [0.29, 0.717) is 0 Å². The monoisotopic (exact) mass is 218 g/mol. The normalized spacial score (nSPS) is 11.1. The fourth-order valence-electron chi connectivity index (χ4n) is 1.82. The Hall–Kier alpha value is -1.12. The van der Waals surface area contributed by atoms with Gasteiger partial charge < -0.3 is 9.80 Å². The van der Waals surface area contributed by atoms with Crippen molar-refractivity contribution in [1.82, 2.24) is 9.80 Å². The zero-order valence-electron chi connectivity index (χ0n) is 10.8. The Morgan fingerprint density at radius 3 is 1.69 bits per heavy atom. The Labute approximate surface area is 99.2 Å². The first kappa shape index (κ1) is 12.9. The summed E-state index contributed by atoms with van der Waals surface area (Å²) in [4.78, 5) is 4.36. The molecule has 16 heavy (non-hydrogen) atoms. The molecular weight excluding hydrogens is 196 g/mol. The van der Waals surface area contributed by atoms with Crippen LogP contribution >= 0.6 is 0 Å². The summed E-state index contributed by atoms with van der Waals surface area (Å²) in [5, 5.41) is 0. The Morgan fingerprint density at radius 1 is 0.938 bits per heavy atom. The maximum Gasteiger partial charge on any atom is 0.0227 e. The van der Waals surface area contributed by atoms with Crippen LogP contribution in [0, 0.1) is 0 Å². The van der Waals surface area contributed by atoms with Crippen LogP contribution in [0.5, 0.6) is 0 Å². The van der Waals surface area contributed by atoms with Crippen molar-refractivity contribution in [3.63, 3.8) is 0 Å². The van der Waals surface area contributed by atoms with Crippen LogP contribution < -0.4 is 0 Å². The molecule has 1 aromatic carbocycles. The topological polar surface area (TPSA) is 6.48 Å². The minimum atomic E-state index is 0.974. The second-order valence-electron chi connectivity index (χ2n) is 4.76. The lowest BCUT2D eigenvalue weighted by molar-refractivity contribution is 0.395. The van der Waals surface area contributed by atoms with E-state index in [1.54, 1.807) is 0 Å². The summed E-state index contributed by atoms with van der Waals surface area (Å²) in [5.74, 6) is 0. The molecule has 0 atom stereocenters. The Balaban J connectivity index is 2.95. The van der Waals surface area contributed by atoms with Crippen LogP contribution in [0.1, 0.15) is 16.7 Å². The van der Waals surface area contributed by atoms with E-state index in [4.69, 9.17) is 0 Å². The van der Waals surface area contributed by atoms with Gasteiger partial charge in [0.1, 0.15) is 0 Å². The van der Waals surface area contributed by atoms with Gasteiger partial charge >= 0.3 is 0 Å². The molecule has 0 aliphatic heterocycles. The van der Waals surface area contributed by atoms with Gasteiger partial charge in [0.25, 0.3) is 0 Å². The van der Waals surface area contributed by atoms with Crippen molar-refractivity contribution in [2.24, 2.45) is 0 Å². The largest absolute Gasteiger partial charge is 0.305 e. The summed E-state index contributed by atoms with van der Waals surface area (Å²) in [6.07, 6.45) is 1.92. The molecule has 0 aliphatic carbocycles. The fraction of sp³-hybridized carbons (Fsp3) is 0.429. The summed E-state index contributed by atoms with van der Waals surface area (Å²) in [6.45, 7) is 5.79. The van der Waals surface area contributed by atoms with Crippen molar-refractivity contribution in [1.29, 1.82) is 0 Å². The van der Waals surface area contributed by atoms with Crippen molar-refractivity contribution in [2.75, 3.05) is 28.2 Å². The molecule has 0 N–H and O–H groups in total. The molecule has 0 fully saturated rings. The molecule has 0 unspecified atom stereocenters. The lowest BCUT2D eigenvalue weighted by Gasteiger charge is -2.14. The Bertz CT molecular complexity index is 326. The number of nitrogens with zero attached hydrogens (tertiary/aromatic N) is 2. The third-order valence-electron chi connectivity index (χ3n) is 2.31. The lowest BCUT2D eigenvalue weighted by Crippen LogP contribution is -2.13. The van der Waals surface area contributed by atoms with Gasteiger partial charge in [0.15, 0.2) is 0 Å². The van der Waals surface area contributed by atoms with Crippen molar-refractivity contribution in [3.05, 3.63) is 41.5 Å². The van der Waals surface area contributed by atoms with Gasteiger partial charge in [-0.3, -0.25) is 0 Å². The number of hydrogen-bond acceptors (Lipinski definition) is 2. The molecule has 0 radical (unpaired) electrons. The van der Waals surface area contributed by atoms with E-state index in [0.717, 1.165) is 13.1 Å². The van der Waals surface area contributed by atoms with E-state index in [-0.39, 0.29) is 0 Å². The molecule has 0 bridgehead atoms. The second kappa shape index (κ2) is 5.83. The van der Waals surface area contributed by atoms with Crippen LogP contribution in [0.4, 0.5) is 0 Å². The zero-order chi connectivity index (χ0) is 12.1. The number of benzene rings is 1. The Morgan fingerprint density at radius 2 is 1.38 bits per heavy atom. The first-order valence-corrected chi connectivity index (χ1v) is 5.56. The van der Waals surface area contributed by atoms with E-state index in [1.807, 2.05) is 6.08 Å². The van der Waals surface area contributed by atoms with Crippen LogP contribution in [0.25, 0.3) is 6.08 Å². The van der Waals surface area contributed by atoms with E-state index in [1.165, 1.54) is 16.7 Å². The summed E-state index contributed by atoms with van der Waals surface area (Å²) < 4.78 is 0. The van der Waals surface area contributed by atoms with Gasteiger partial charge in [-0.05, 0) is 44.9 Å². The lowest BCUT2D eigenvalue weighted by atomic mass is 10.0. The van der Waals surface area contributed by atoms with Gasteiger partial charge in [-0.25, -0.2) is 0 Å². The van der Waals surface area contributed by atoms with E-state index >= 15 is 0 Å². The molecule has 2 heteroatoms. The predicted molar refractivity (Wildman–Crippen MR) is 71.3 cm³/mol. The first-order chi connectivity index (χ1) is 7.51. The fourth-order valence-corrected chi connectivity index (χ4v) is 1.82. The third kappa shape index (κ3) is 4.17. The molecule has 1 rings (SSSR count). The summed E-state index contributed by atoms with van der Waals surface area (Å²) in [6, 6.07) is 6.67. The molecule has 0 amide bonds. The smallest absolute Gasteiger partial charge is 0.0227 e. The van der Waals surface area contributed by atoms with Gasteiger partial charge in [0.05, 0.1) is 0 Å². The van der Waals surface area contributed by atoms with Gasteiger partial charge in [-0.2, -0.15) is 0 Å². The summed E-state index contributed by atoms with van der Waals surface area (Å²) in [7, 11) is 8.36. The van der Waals surface area contributed by atoms with Crippen LogP contribution in [0.3, 0.4) is 0 Å². The van der Waals surface area contributed by atoms with Crippen LogP contribution in [0.15, 0.2) is 24.8 Å². The number of hydrogen-bond donors (Lipinski definition) is 0. The van der Waals surface area contributed by atoms with Crippen LogP contribution in [-0.4, -0.2) is 38.0 Å². The highest BCUT2D eigenvalue weighted by atomic mass is 15.1. The summed E-state index contributed by atoms with van der Waals surface area (Å²) in [5.41, 5.74) is 3.90. The molecule has 88 valence electrons. The molecular formula is C14H22N2. The molecule has 0 saturated heterocycles. The van der Waals surface area contributed by atoms with Crippen molar-refractivity contribution in [2.45, 2.75) is 13.1 Å². The van der Waals surface area contributed by atoms with E-state index in [2.05, 4.69) is 62.8 Å². The third-order valence-corrected chi connectivity index (χ3v) is 2.31. The second-order valence-corrected chi connectivity index (χ2v) is 4.76. The van der Waals surface area contributed by atoms with Crippen molar-refractivity contribution < 1.29 is 0 Å². The maximum absolute atomic E-state index is 3.84. The first-order valence-electron chi connectivity index (χ1n) is 5.56. The molecule has 0 heterocycles. The minimum Gasteiger partial charge on any atom is -0.305 e. The molecule has 0 saturated carbocycles. The average molecular weight is 218 g/mol. The van der Waals surface area contributed by atoms with Gasteiger partial charge in [0, 0.05) is 13.1 Å². The quantitative estimate of drug-likeness (QED) is 0.749. The molecule has 0 aromatic heterocycles. The highest BCUT2D eigenvalue weighted by molar-refractivity contribution is 5.50. The molecule has 2 nitrogen and oxygen atoms in total. The molecule has 0 spiro atoms.